The molecule has 5 nitrogen and oxygen atoms in total. The zero-order valence-electron chi connectivity index (χ0n) is 14.9. The van der Waals surface area contributed by atoms with E-state index >= 15 is 0 Å². The molecule has 1 aliphatic heterocycles. The smallest absolute Gasteiger partial charge is 0.411 e. The predicted molar refractivity (Wildman–Crippen MR) is 93.0 cm³/mol. The number of ether oxygens (including phenoxy) is 1. The lowest BCUT2D eigenvalue weighted by Crippen LogP contribution is -2.46. The number of thiophene rings is 1. The Bertz CT molecular complexity index is 631. The topological polar surface area (TPSA) is 58.6 Å². The Morgan fingerprint density at radius 2 is 1.91 bits per heavy atom. The molecule has 2 rings (SSSR count). The van der Waals surface area contributed by atoms with Crippen LogP contribution in [0, 0.1) is 6.92 Å². The molecular weight excluding hydrogens is 312 g/mol. The molecule has 128 valence electrons. The second-order valence-corrected chi connectivity index (χ2v) is 8.25. The van der Waals surface area contributed by atoms with Gasteiger partial charge in [-0.25, -0.2) is 4.79 Å². The van der Waals surface area contributed by atoms with Crippen LogP contribution < -0.4 is 5.32 Å². The molecule has 1 aliphatic rings. The van der Waals surface area contributed by atoms with Gasteiger partial charge in [0.2, 0.25) is 5.91 Å². The Morgan fingerprint density at radius 3 is 2.43 bits per heavy atom. The standard InChI is InChI=1S/C17H26N2O3S/c1-9-8-13-10(2)15(18-12(4)20)23-14(13)11(3)19(9)16(21)22-17(5,6)7/h9,11H,8H2,1-7H3,(H,18,20). The highest BCUT2D eigenvalue weighted by atomic mass is 32.1. The predicted octanol–water partition coefficient (Wildman–Crippen LogP) is 4.26. The van der Waals surface area contributed by atoms with Gasteiger partial charge in [-0.3, -0.25) is 9.69 Å². The normalized spacial score (nSPS) is 20.9. The van der Waals surface area contributed by atoms with Gasteiger partial charge in [0.15, 0.2) is 0 Å². The van der Waals surface area contributed by atoms with Crippen molar-refractivity contribution in [3.05, 3.63) is 16.0 Å². The van der Waals surface area contributed by atoms with Crippen molar-refractivity contribution < 1.29 is 14.3 Å². The number of anilines is 1. The largest absolute Gasteiger partial charge is 0.444 e. The SMILES string of the molecule is CC(=O)Nc1sc2c(c1C)CC(C)N(C(=O)OC(C)(C)C)C2C. The van der Waals surface area contributed by atoms with E-state index in [0.29, 0.717) is 0 Å². The summed E-state index contributed by atoms with van der Waals surface area (Å²) < 4.78 is 5.56. The van der Waals surface area contributed by atoms with E-state index in [2.05, 4.69) is 5.32 Å². The third-order valence-electron chi connectivity index (χ3n) is 3.97. The first-order chi connectivity index (χ1) is 10.5. The molecule has 0 bridgehead atoms. The van der Waals surface area contributed by atoms with Gasteiger partial charge in [0.05, 0.1) is 11.0 Å². The number of fused-ring (bicyclic) bond motifs is 1. The van der Waals surface area contributed by atoms with Crippen molar-refractivity contribution in [2.24, 2.45) is 0 Å². The molecule has 0 radical (unpaired) electrons. The molecular formula is C17H26N2O3S. The van der Waals surface area contributed by atoms with Crippen LogP contribution in [0.4, 0.5) is 9.80 Å². The first-order valence-electron chi connectivity index (χ1n) is 7.92. The lowest BCUT2D eigenvalue weighted by molar-refractivity contribution is -0.114. The summed E-state index contributed by atoms with van der Waals surface area (Å²) in [5.74, 6) is -0.0728. The summed E-state index contributed by atoms with van der Waals surface area (Å²) in [7, 11) is 0. The van der Waals surface area contributed by atoms with Crippen molar-refractivity contribution in [3.8, 4) is 0 Å². The minimum Gasteiger partial charge on any atom is -0.444 e. The summed E-state index contributed by atoms with van der Waals surface area (Å²) in [6, 6.07) is 0.000589. The number of amides is 2. The number of rotatable bonds is 1. The molecule has 2 heterocycles. The second kappa shape index (κ2) is 6.15. The lowest BCUT2D eigenvalue weighted by atomic mass is 9.94. The molecule has 2 amide bonds. The second-order valence-electron chi connectivity index (χ2n) is 7.20. The maximum atomic E-state index is 12.6. The molecule has 0 saturated heterocycles. The maximum Gasteiger partial charge on any atom is 0.411 e. The van der Waals surface area contributed by atoms with Gasteiger partial charge in [-0.15, -0.1) is 11.3 Å². The van der Waals surface area contributed by atoms with E-state index in [4.69, 9.17) is 4.74 Å². The van der Waals surface area contributed by atoms with Crippen LogP contribution in [-0.4, -0.2) is 28.5 Å². The summed E-state index contributed by atoms with van der Waals surface area (Å²) in [5, 5.41) is 3.77. The summed E-state index contributed by atoms with van der Waals surface area (Å²) >= 11 is 1.56. The van der Waals surface area contributed by atoms with Gasteiger partial charge >= 0.3 is 6.09 Å². The van der Waals surface area contributed by atoms with Crippen molar-refractivity contribution in [1.29, 1.82) is 0 Å². The molecule has 1 aromatic heterocycles. The molecule has 23 heavy (non-hydrogen) atoms. The van der Waals surface area contributed by atoms with Crippen LogP contribution in [0.1, 0.15) is 63.6 Å². The van der Waals surface area contributed by atoms with Crippen LogP contribution in [0.3, 0.4) is 0 Å². The molecule has 2 atom stereocenters. The molecule has 6 heteroatoms. The average molecular weight is 338 g/mol. The Hall–Kier alpha value is -1.56. The van der Waals surface area contributed by atoms with E-state index in [1.54, 1.807) is 16.2 Å². The van der Waals surface area contributed by atoms with E-state index in [1.807, 2.05) is 41.5 Å². The van der Waals surface area contributed by atoms with Crippen molar-refractivity contribution in [2.45, 2.75) is 72.6 Å². The van der Waals surface area contributed by atoms with E-state index < -0.39 is 5.60 Å². The van der Waals surface area contributed by atoms with E-state index in [-0.39, 0.29) is 24.1 Å². The van der Waals surface area contributed by atoms with E-state index in [1.165, 1.54) is 12.5 Å². The van der Waals surface area contributed by atoms with Gasteiger partial charge in [-0.1, -0.05) is 0 Å². The highest BCUT2D eigenvalue weighted by Gasteiger charge is 2.38. The molecule has 2 unspecified atom stereocenters. The highest BCUT2D eigenvalue weighted by molar-refractivity contribution is 7.16. The first-order valence-corrected chi connectivity index (χ1v) is 8.74. The van der Waals surface area contributed by atoms with Crippen LogP contribution in [0.5, 0.6) is 0 Å². The lowest BCUT2D eigenvalue weighted by Gasteiger charge is -2.39. The van der Waals surface area contributed by atoms with Gasteiger partial charge in [0.1, 0.15) is 5.60 Å². The molecule has 1 aromatic rings. The number of carbonyl (C=O) groups excluding carboxylic acids is 2. The van der Waals surface area contributed by atoms with Crippen LogP contribution in [-0.2, 0) is 16.0 Å². The molecule has 0 aliphatic carbocycles. The van der Waals surface area contributed by atoms with Crippen LogP contribution in [0.25, 0.3) is 0 Å². The third kappa shape index (κ3) is 3.68. The van der Waals surface area contributed by atoms with Gasteiger partial charge in [0.25, 0.3) is 0 Å². The maximum absolute atomic E-state index is 12.6. The monoisotopic (exact) mass is 338 g/mol. The molecule has 0 spiro atoms. The fourth-order valence-corrected chi connectivity index (χ4v) is 4.33. The molecule has 0 fully saturated rings. The van der Waals surface area contributed by atoms with Crippen LogP contribution in [0.15, 0.2) is 0 Å². The molecule has 1 N–H and O–H groups in total. The third-order valence-corrected chi connectivity index (χ3v) is 5.39. The fourth-order valence-electron chi connectivity index (χ4n) is 2.99. The molecule has 0 aromatic carbocycles. The van der Waals surface area contributed by atoms with Crippen LogP contribution >= 0.6 is 11.3 Å². The van der Waals surface area contributed by atoms with Crippen molar-refractivity contribution in [3.63, 3.8) is 0 Å². The van der Waals surface area contributed by atoms with Gasteiger partial charge in [-0.05, 0) is 59.1 Å². The summed E-state index contributed by atoms with van der Waals surface area (Å²) in [6.07, 6.45) is 0.496. The number of nitrogens with zero attached hydrogens (tertiary/aromatic N) is 1. The summed E-state index contributed by atoms with van der Waals surface area (Å²) in [4.78, 5) is 26.9. The minimum absolute atomic E-state index is 0.0604. The number of nitrogens with one attached hydrogen (secondary N) is 1. The van der Waals surface area contributed by atoms with E-state index in [9.17, 15) is 9.59 Å². The zero-order chi connectivity index (χ0) is 17.5. The number of hydrogen-bond donors (Lipinski definition) is 1. The van der Waals surface area contributed by atoms with Gasteiger partial charge < -0.3 is 10.1 Å². The first kappa shape index (κ1) is 17.8. The Labute approximate surface area is 142 Å². The Morgan fingerprint density at radius 1 is 1.30 bits per heavy atom. The summed E-state index contributed by atoms with van der Waals surface area (Å²) in [5.41, 5.74) is 1.85. The Balaban J connectivity index is 2.33. The number of carbonyl (C=O) groups is 2. The fraction of sp³-hybridized carbons (Fsp3) is 0.647. The van der Waals surface area contributed by atoms with Crippen molar-refractivity contribution in [1.82, 2.24) is 4.90 Å². The zero-order valence-corrected chi connectivity index (χ0v) is 15.8. The Kier molecular flexibility index (Phi) is 4.76. The summed E-state index contributed by atoms with van der Waals surface area (Å²) in [6.45, 7) is 13.2. The van der Waals surface area contributed by atoms with Gasteiger partial charge in [-0.2, -0.15) is 0 Å². The van der Waals surface area contributed by atoms with Crippen LogP contribution in [0.2, 0.25) is 0 Å². The average Bonchev–Trinajstić information content (AvgIpc) is 2.65. The van der Waals surface area contributed by atoms with E-state index in [0.717, 1.165) is 21.9 Å². The minimum atomic E-state index is -0.510. The van der Waals surface area contributed by atoms with Crippen molar-refractivity contribution in [2.75, 3.05) is 5.32 Å². The highest BCUT2D eigenvalue weighted by Crippen LogP contribution is 2.44. The quantitative estimate of drug-likeness (QED) is 0.832. The van der Waals surface area contributed by atoms with Gasteiger partial charge in [0, 0.05) is 17.8 Å². The molecule has 0 saturated carbocycles. The number of hydrogen-bond acceptors (Lipinski definition) is 4. The van der Waals surface area contributed by atoms with Crippen molar-refractivity contribution >= 4 is 28.3 Å².